The Labute approximate surface area is 435 Å². The highest BCUT2D eigenvalue weighted by Crippen LogP contribution is 2.39. The second-order valence-corrected chi connectivity index (χ2v) is 20.9. The summed E-state index contributed by atoms with van der Waals surface area (Å²) in [5.74, 6) is 1.34. The minimum atomic E-state index is -0.442. The van der Waals surface area contributed by atoms with Crippen molar-refractivity contribution in [3.05, 3.63) is 111 Å². The third-order valence-corrected chi connectivity index (χ3v) is 15.8. The molecule has 74 heavy (non-hydrogen) atoms. The minimum absolute atomic E-state index is 0.0102. The van der Waals surface area contributed by atoms with Gasteiger partial charge in [0.1, 0.15) is 17.3 Å². The normalized spacial score (nSPS) is 18.0. The van der Waals surface area contributed by atoms with Crippen molar-refractivity contribution in [1.29, 1.82) is 5.26 Å². The number of carbonyl (C=O) groups is 2. The predicted octanol–water partition coefficient (Wildman–Crippen LogP) is 7.79. The van der Waals surface area contributed by atoms with E-state index in [0.29, 0.717) is 93.1 Å². The number of hydrogen-bond donors (Lipinski definition) is 3. The van der Waals surface area contributed by atoms with Gasteiger partial charge in [0.15, 0.2) is 5.82 Å². The molecule has 10 rings (SSSR count). The van der Waals surface area contributed by atoms with Crippen molar-refractivity contribution in [2.75, 3.05) is 68.8 Å². The van der Waals surface area contributed by atoms with Crippen LogP contribution in [0.15, 0.2) is 77.6 Å². The molecule has 386 valence electrons. The predicted molar refractivity (Wildman–Crippen MR) is 284 cm³/mol. The highest BCUT2D eigenvalue weighted by Gasteiger charge is 2.35. The lowest BCUT2D eigenvalue weighted by Crippen LogP contribution is -2.55. The van der Waals surface area contributed by atoms with Crippen LogP contribution in [0.5, 0.6) is 17.5 Å². The zero-order chi connectivity index (χ0) is 51.6. The number of carbonyl (C=O) groups excluding carboxylic acids is 2. The number of halogens is 1. The molecule has 18 heteroatoms. The van der Waals surface area contributed by atoms with Crippen molar-refractivity contribution in [2.45, 2.75) is 90.8 Å². The number of aromatic nitrogens is 5. The highest BCUT2D eigenvalue weighted by molar-refractivity contribution is 6.36. The van der Waals surface area contributed by atoms with E-state index >= 15 is 0 Å². The Kier molecular flexibility index (Phi) is 14.8. The molecule has 2 aromatic heterocycles. The SMILES string of the molecule is CCC(=O)N1CCN(c2nc(OCC3CCN(C(=O)C4CCN(Cc5ccc(-n6c(-c7cc(C(C)C)c(O)cc7O)n[nH]c6=O)cc5)CC4)CC3)nc3c2CCN(c2cccc4cccc(Cl)c24)C3)C[C@@H]1CC#N. The number of phenolic OH excluding ortho intramolecular Hbond substituents is 2. The molecular weight excluding hydrogens is 958 g/mol. The Morgan fingerprint density at radius 2 is 1.66 bits per heavy atom. The number of anilines is 2. The van der Waals surface area contributed by atoms with Gasteiger partial charge in [-0.15, -0.1) is 0 Å². The van der Waals surface area contributed by atoms with Gasteiger partial charge in [-0.05, 0) is 104 Å². The van der Waals surface area contributed by atoms with Crippen molar-refractivity contribution < 1.29 is 24.5 Å². The van der Waals surface area contributed by atoms with E-state index in [0.717, 1.165) is 84.4 Å². The smallest absolute Gasteiger partial charge is 0.348 e. The van der Waals surface area contributed by atoms with Crippen LogP contribution in [-0.2, 0) is 29.1 Å². The Morgan fingerprint density at radius 3 is 2.39 bits per heavy atom. The van der Waals surface area contributed by atoms with Gasteiger partial charge in [-0.3, -0.25) is 14.5 Å². The molecule has 4 aliphatic rings. The molecular formula is C56H64ClN11O6. The number of rotatable bonds is 13. The number of phenols is 2. The van der Waals surface area contributed by atoms with Crippen LogP contribution in [0.3, 0.4) is 0 Å². The van der Waals surface area contributed by atoms with Crippen molar-refractivity contribution >= 4 is 45.7 Å². The maximum absolute atomic E-state index is 13.9. The van der Waals surface area contributed by atoms with Gasteiger partial charge in [-0.1, -0.05) is 68.8 Å². The summed E-state index contributed by atoms with van der Waals surface area (Å²) in [6.45, 7) is 12.7. The van der Waals surface area contributed by atoms with Gasteiger partial charge >= 0.3 is 11.7 Å². The molecule has 0 radical (unpaired) electrons. The maximum atomic E-state index is 13.9. The molecule has 0 unspecified atom stereocenters. The molecule has 4 aromatic carbocycles. The summed E-state index contributed by atoms with van der Waals surface area (Å²) in [7, 11) is 0. The first-order valence-electron chi connectivity index (χ1n) is 26.1. The number of aromatic hydroxyl groups is 2. The zero-order valence-corrected chi connectivity index (χ0v) is 43.1. The molecule has 0 bridgehead atoms. The number of likely N-dealkylation sites (tertiary alicyclic amines) is 2. The van der Waals surface area contributed by atoms with Gasteiger partial charge in [-0.25, -0.2) is 14.5 Å². The second kappa shape index (κ2) is 21.7. The van der Waals surface area contributed by atoms with Gasteiger partial charge in [-0.2, -0.15) is 20.3 Å². The molecule has 4 aliphatic heterocycles. The lowest BCUT2D eigenvalue weighted by atomic mass is 9.92. The Hall–Kier alpha value is -7.16. The third-order valence-electron chi connectivity index (χ3n) is 15.5. The number of piperidine rings is 2. The monoisotopic (exact) mass is 1020 g/mol. The van der Waals surface area contributed by atoms with E-state index in [2.05, 4.69) is 55.2 Å². The number of aromatic amines is 1. The average Bonchev–Trinajstić information content (AvgIpc) is 3.80. The molecule has 0 spiro atoms. The molecule has 17 nitrogen and oxygen atoms in total. The molecule has 0 aliphatic carbocycles. The molecule has 2 amide bonds. The number of H-pyrrole nitrogens is 1. The number of ether oxygens (including phenoxy) is 1. The lowest BCUT2D eigenvalue weighted by Gasteiger charge is -2.42. The average molecular weight is 1020 g/mol. The van der Waals surface area contributed by atoms with Crippen molar-refractivity contribution in [2.24, 2.45) is 11.8 Å². The number of piperazine rings is 1. The molecule has 3 fully saturated rings. The van der Waals surface area contributed by atoms with E-state index in [-0.39, 0.29) is 59.4 Å². The summed E-state index contributed by atoms with van der Waals surface area (Å²) in [4.78, 5) is 60.8. The fourth-order valence-electron chi connectivity index (χ4n) is 11.4. The highest BCUT2D eigenvalue weighted by atomic mass is 35.5. The van der Waals surface area contributed by atoms with Crippen LogP contribution in [0, 0.1) is 23.2 Å². The fraction of sp³-hybridized carbons (Fsp3) is 0.446. The zero-order valence-electron chi connectivity index (χ0n) is 42.3. The van der Waals surface area contributed by atoms with Crippen LogP contribution >= 0.6 is 11.6 Å². The number of nitriles is 1. The van der Waals surface area contributed by atoms with Gasteiger partial charge in [0.2, 0.25) is 11.8 Å². The van der Waals surface area contributed by atoms with Crippen LogP contribution in [0.25, 0.3) is 27.8 Å². The Morgan fingerprint density at radius 1 is 0.905 bits per heavy atom. The summed E-state index contributed by atoms with van der Waals surface area (Å²) >= 11 is 6.80. The van der Waals surface area contributed by atoms with Crippen molar-refractivity contribution in [3.8, 4) is 40.7 Å². The first kappa shape index (κ1) is 50.4. The van der Waals surface area contributed by atoms with Crippen LogP contribution < -0.4 is 20.2 Å². The van der Waals surface area contributed by atoms with Crippen LogP contribution in [-0.4, -0.2) is 126 Å². The maximum Gasteiger partial charge on any atom is 0.348 e. The number of hydrogen-bond acceptors (Lipinski definition) is 13. The van der Waals surface area contributed by atoms with E-state index in [4.69, 9.17) is 26.3 Å². The number of nitrogens with zero attached hydrogens (tertiary/aromatic N) is 10. The topological polar surface area (TPSA) is 200 Å². The van der Waals surface area contributed by atoms with E-state index in [1.165, 1.54) is 10.6 Å². The quantitative estimate of drug-likeness (QED) is 0.101. The number of nitrogens with one attached hydrogen (secondary N) is 1. The van der Waals surface area contributed by atoms with E-state index in [1.807, 2.05) is 67.0 Å². The molecule has 1 atom stereocenters. The number of fused-ring (bicyclic) bond motifs is 2. The number of benzene rings is 4. The van der Waals surface area contributed by atoms with E-state index in [9.17, 15) is 29.9 Å². The number of amides is 2. The van der Waals surface area contributed by atoms with Gasteiger partial charge in [0, 0.05) is 80.9 Å². The van der Waals surface area contributed by atoms with Crippen LogP contribution in [0.4, 0.5) is 11.5 Å². The lowest BCUT2D eigenvalue weighted by molar-refractivity contribution is -0.138. The summed E-state index contributed by atoms with van der Waals surface area (Å²) in [5, 5.41) is 40.4. The molecule has 3 saturated heterocycles. The van der Waals surface area contributed by atoms with Crippen LogP contribution in [0.1, 0.15) is 87.6 Å². The first-order valence-corrected chi connectivity index (χ1v) is 26.4. The molecule has 6 heterocycles. The van der Waals surface area contributed by atoms with E-state index < -0.39 is 5.69 Å². The third kappa shape index (κ3) is 10.3. The van der Waals surface area contributed by atoms with Crippen LogP contribution in [0.2, 0.25) is 5.02 Å². The van der Waals surface area contributed by atoms with Gasteiger partial charge in [0.25, 0.3) is 0 Å². The first-order chi connectivity index (χ1) is 35.9. The van der Waals surface area contributed by atoms with E-state index in [1.54, 1.807) is 6.07 Å². The largest absolute Gasteiger partial charge is 0.508 e. The standard InChI is InChI=1S/C56H64ClN11O6/c1-4-50(71)67-28-27-66(32-41(67)15-21-58)52-42-20-26-65(47-10-6-8-38-7-5-9-45(57)51(38)47)33-46(42)59-55(60-52)74-34-37-16-24-64(25-17-37)54(72)39-18-22-63(23-19-39)31-36-11-13-40(14-12-36)68-53(61-62-56(68)73)44-29-43(35(2)3)48(69)30-49(44)70/h5-14,29-30,35,37,39,41,69-70H,4,15-20,22-28,31-34H2,1-3H3,(H,62,73)/t41-/m0/s1. The van der Waals surface area contributed by atoms with Gasteiger partial charge in [0.05, 0.1) is 53.7 Å². The Bertz CT molecular complexity index is 3130. The minimum Gasteiger partial charge on any atom is -0.508 e. The summed E-state index contributed by atoms with van der Waals surface area (Å²) < 4.78 is 7.94. The Balaban J connectivity index is 0.752. The molecule has 0 saturated carbocycles. The fourth-order valence-corrected chi connectivity index (χ4v) is 11.7. The summed E-state index contributed by atoms with van der Waals surface area (Å²) in [6.07, 6.45) is 4.54. The van der Waals surface area contributed by atoms with Crippen molar-refractivity contribution in [3.63, 3.8) is 0 Å². The van der Waals surface area contributed by atoms with Crippen molar-refractivity contribution in [1.82, 2.24) is 39.4 Å². The van der Waals surface area contributed by atoms with Gasteiger partial charge < -0.3 is 34.5 Å². The molecule has 6 aromatic rings. The summed E-state index contributed by atoms with van der Waals surface area (Å²) in [5.41, 5.74) is 5.21. The summed E-state index contributed by atoms with van der Waals surface area (Å²) in [6, 6.07) is 25.3. The molecule has 3 N–H and O–H groups in total. The second-order valence-electron chi connectivity index (χ2n) is 20.5.